The van der Waals surface area contributed by atoms with Crippen LogP contribution in [-0.4, -0.2) is 32.9 Å². The predicted octanol–water partition coefficient (Wildman–Crippen LogP) is 2.23. The van der Waals surface area contributed by atoms with Gasteiger partial charge in [-0.15, -0.1) is 0 Å². The van der Waals surface area contributed by atoms with E-state index in [0.717, 1.165) is 5.69 Å². The number of pyridine rings is 1. The van der Waals surface area contributed by atoms with Crippen LogP contribution in [0.5, 0.6) is 11.5 Å². The van der Waals surface area contributed by atoms with Gasteiger partial charge in [0.2, 0.25) is 0 Å². The normalized spacial score (nSPS) is 10.3. The average molecular weight is 310 g/mol. The summed E-state index contributed by atoms with van der Waals surface area (Å²) in [6.45, 7) is 0. The number of aromatic nitrogens is 3. The summed E-state index contributed by atoms with van der Waals surface area (Å²) < 4.78 is 6.76. The molecule has 0 aliphatic carbocycles. The summed E-state index contributed by atoms with van der Waals surface area (Å²) in [5.74, 6) is -0.261. The third kappa shape index (κ3) is 2.98. The van der Waals surface area contributed by atoms with Gasteiger partial charge in [-0.3, -0.25) is 4.79 Å². The number of hydrogen-bond donors (Lipinski definition) is 2. The largest absolute Gasteiger partial charge is 0.504 e. The molecule has 0 spiro atoms. The molecule has 0 aliphatic rings. The molecular weight excluding hydrogens is 296 g/mol. The summed E-state index contributed by atoms with van der Waals surface area (Å²) in [6, 6.07) is 12.3. The zero-order chi connectivity index (χ0) is 16.2. The van der Waals surface area contributed by atoms with Gasteiger partial charge in [0, 0.05) is 6.20 Å². The first-order valence-electron chi connectivity index (χ1n) is 6.83. The molecule has 0 saturated carbocycles. The Balaban J connectivity index is 1.91. The molecular formula is C16H14N4O3. The number of rotatable bonds is 4. The number of amides is 1. The van der Waals surface area contributed by atoms with Crippen LogP contribution >= 0.6 is 0 Å². The Bertz CT molecular complexity index is 830. The maximum absolute atomic E-state index is 12.4. The Hall–Kier alpha value is -3.35. The van der Waals surface area contributed by atoms with Crippen molar-refractivity contribution in [1.82, 2.24) is 14.8 Å². The Morgan fingerprint density at radius 1 is 1.22 bits per heavy atom. The van der Waals surface area contributed by atoms with Gasteiger partial charge in [-0.1, -0.05) is 18.2 Å². The third-order valence-electron chi connectivity index (χ3n) is 3.15. The van der Waals surface area contributed by atoms with Crippen LogP contribution in [0.25, 0.3) is 5.69 Å². The Labute approximate surface area is 132 Å². The molecule has 0 fully saturated rings. The van der Waals surface area contributed by atoms with Crippen LogP contribution in [0.15, 0.2) is 54.9 Å². The lowest BCUT2D eigenvalue weighted by molar-refractivity contribution is 0.101. The molecule has 3 aromatic rings. The van der Waals surface area contributed by atoms with E-state index >= 15 is 0 Å². The van der Waals surface area contributed by atoms with Crippen molar-refractivity contribution in [2.75, 3.05) is 12.4 Å². The quantitative estimate of drug-likeness (QED) is 0.771. The first kappa shape index (κ1) is 14.6. The summed E-state index contributed by atoms with van der Waals surface area (Å²) in [4.78, 5) is 16.3. The Morgan fingerprint density at radius 2 is 2.00 bits per heavy atom. The molecule has 1 amide bonds. The Kier molecular flexibility index (Phi) is 3.92. The number of para-hydroxylation sites is 1. The van der Waals surface area contributed by atoms with Gasteiger partial charge in [0.15, 0.2) is 23.0 Å². The molecule has 0 bridgehead atoms. The van der Waals surface area contributed by atoms with Gasteiger partial charge in [-0.25, -0.2) is 9.67 Å². The van der Waals surface area contributed by atoms with Crippen LogP contribution in [0.4, 0.5) is 5.82 Å². The number of nitrogens with one attached hydrogen (secondary N) is 1. The number of benzene rings is 1. The molecule has 23 heavy (non-hydrogen) atoms. The van der Waals surface area contributed by atoms with E-state index in [0.29, 0.717) is 5.75 Å². The fraction of sp³-hybridized carbons (Fsp3) is 0.0625. The van der Waals surface area contributed by atoms with Gasteiger partial charge in [0.05, 0.1) is 19.0 Å². The fourth-order valence-electron chi connectivity index (χ4n) is 2.04. The Morgan fingerprint density at radius 3 is 2.70 bits per heavy atom. The number of anilines is 1. The second kappa shape index (κ2) is 6.18. The number of methoxy groups -OCH3 is 1. The van der Waals surface area contributed by atoms with Crippen LogP contribution in [-0.2, 0) is 0 Å². The van der Waals surface area contributed by atoms with Gasteiger partial charge in [0.1, 0.15) is 0 Å². The van der Waals surface area contributed by atoms with Gasteiger partial charge in [0.25, 0.3) is 5.91 Å². The van der Waals surface area contributed by atoms with Crippen molar-refractivity contribution >= 4 is 11.7 Å². The maximum atomic E-state index is 12.4. The van der Waals surface area contributed by atoms with Gasteiger partial charge < -0.3 is 15.2 Å². The zero-order valence-corrected chi connectivity index (χ0v) is 12.3. The predicted molar refractivity (Wildman–Crippen MR) is 84.0 cm³/mol. The molecule has 0 radical (unpaired) electrons. The van der Waals surface area contributed by atoms with Crippen molar-refractivity contribution in [3.05, 3.63) is 60.6 Å². The van der Waals surface area contributed by atoms with E-state index in [1.807, 2.05) is 30.3 Å². The van der Waals surface area contributed by atoms with E-state index in [1.165, 1.54) is 19.4 Å². The molecule has 1 aromatic carbocycles. The topological polar surface area (TPSA) is 89.3 Å². The molecule has 0 unspecified atom stereocenters. The smallest absolute Gasteiger partial charge is 0.281 e. The minimum Gasteiger partial charge on any atom is -0.504 e. The molecule has 0 saturated heterocycles. The molecule has 2 heterocycles. The molecule has 7 nitrogen and oxygen atoms in total. The highest BCUT2D eigenvalue weighted by molar-refractivity contribution is 6.04. The first-order valence-corrected chi connectivity index (χ1v) is 6.83. The molecule has 3 rings (SSSR count). The molecule has 0 atom stereocenters. The van der Waals surface area contributed by atoms with Crippen molar-refractivity contribution < 1.29 is 14.6 Å². The molecule has 116 valence electrons. The summed E-state index contributed by atoms with van der Waals surface area (Å²) >= 11 is 0. The average Bonchev–Trinajstić information content (AvgIpc) is 3.02. The van der Waals surface area contributed by atoms with E-state index in [2.05, 4.69) is 15.4 Å². The molecule has 0 aliphatic heterocycles. The van der Waals surface area contributed by atoms with Crippen molar-refractivity contribution in [3.63, 3.8) is 0 Å². The van der Waals surface area contributed by atoms with Crippen molar-refractivity contribution in [3.8, 4) is 17.2 Å². The summed E-state index contributed by atoms with van der Waals surface area (Å²) in [5, 5.41) is 16.4. The number of nitrogens with zero attached hydrogens (tertiary/aromatic N) is 3. The third-order valence-corrected chi connectivity index (χ3v) is 3.15. The van der Waals surface area contributed by atoms with E-state index in [-0.39, 0.29) is 17.3 Å². The highest BCUT2D eigenvalue weighted by Gasteiger charge is 2.19. The summed E-state index contributed by atoms with van der Waals surface area (Å²) in [6.07, 6.45) is 3.08. The zero-order valence-electron chi connectivity index (χ0n) is 12.3. The number of ether oxygens (including phenoxy) is 1. The molecule has 2 aromatic heterocycles. The standard InChI is InChI=1S/C16H14N4O3/c1-23-13-10-20(11-6-3-2-4-7-11)19-14(13)16(22)18-15-12(21)8-5-9-17-15/h2-10,21H,1H3,(H,17,18,22). The van der Waals surface area contributed by atoms with E-state index in [9.17, 15) is 9.90 Å². The lowest BCUT2D eigenvalue weighted by atomic mass is 10.3. The lowest BCUT2D eigenvalue weighted by Crippen LogP contribution is -2.15. The highest BCUT2D eigenvalue weighted by atomic mass is 16.5. The van der Waals surface area contributed by atoms with Gasteiger partial charge in [-0.05, 0) is 24.3 Å². The number of hydrogen-bond acceptors (Lipinski definition) is 5. The van der Waals surface area contributed by atoms with E-state index in [4.69, 9.17) is 4.74 Å². The van der Waals surface area contributed by atoms with Crippen molar-refractivity contribution in [2.24, 2.45) is 0 Å². The first-order chi connectivity index (χ1) is 11.2. The SMILES string of the molecule is COc1cn(-c2ccccc2)nc1C(=O)Nc1ncccc1O. The number of carbonyl (C=O) groups is 1. The minimum absolute atomic E-state index is 0.0637. The van der Waals surface area contributed by atoms with E-state index < -0.39 is 5.91 Å². The highest BCUT2D eigenvalue weighted by Crippen LogP contribution is 2.23. The van der Waals surface area contributed by atoms with Crippen LogP contribution in [0, 0.1) is 0 Å². The molecule has 2 N–H and O–H groups in total. The van der Waals surface area contributed by atoms with E-state index in [1.54, 1.807) is 16.9 Å². The van der Waals surface area contributed by atoms with Gasteiger partial charge in [-0.2, -0.15) is 5.10 Å². The summed E-state index contributed by atoms with van der Waals surface area (Å²) in [7, 11) is 1.46. The number of aromatic hydroxyl groups is 1. The second-order valence-electron chi connectivity index (χ2n) is 4.65. The maximum Gasteiger partial charge on any atom is 0.281 e. The summed E-state index contributed by atoms with van der Waals surface area (Å²) in [5.41, 5.74) is 0.895. The monoisotopic (exact) mass is 310 g/mol. The van der Waals surface area contributed by atoms with Crippen molar-refractivity contribution in [2.45, 2.75) is 0 Å². The second-order valence-corrected chi connectivity index (χ2v) is 4.65. The minimum atomic E-state index is -0.523. The van der Waals surface area contributed by atoms with Crippen LogP contribution in [0.3, 0.4) is 0 Å². The van der Waals surface area contributed by atoms with Crippen LogP contribution in [0.1, 0.15) is 10.5 Å². The van der Waals surface area contributed by atoms with Crippen LogP contribution in [0.2, 0.25) is 0 Å². The fourth-order valence-corrected chi connectivity index (χ4v) is 2.04. The number of carbonyl (C=O) groups excluding carboxylic acids is 1. The van der Waals surface area contributed by atoms with Gasteiger partial charge >= 0.3 is 0 Å². The van der Waals surface area contributed by atoms with Crippen LogP contribution < -0.4 is 10.1 Å². The van der Waals surface area contributed by atoms with Crippen molar-refractivity contribution in [1.29, 1.82) is 0 Å². The molecule has 7 heteroatoms. The lowest BCUT2D eigenvalue weighted by Gasteiger charge is -2.05.